The van der Waals surface area contributed by atoms with Gasteiger partial charge in [-0.3, -0.25) is 4.68 Å². The maximum absolute atomic E-state index is 15.3. The van der Waals surface area contributed by atoms with Gasteiger partial charge in [0.2, 0.25) is 0 Å². The van der Waals surface area contributed by atoms with Gasteiger partial charge in [0.05, 0.1) is 35.4 Å². The van der Waals surface area contributed by atoms with Crippen molar-refractivity contribution in [2.24, 2.45) is 0 Å². The second-order valence-corrected chi connectivity index (χ2v) is 9.20. The second kappa shape index (κ2) is 9.62. The van der Waals surface area contributed by atoms with E-state index >= 15 is 4.39 Å². The quantitative estimate of drug-likeness (QED) is 0.349. The Morgan fingerprint density at radius 1 is 1.14 bits per heavy atom. The summed E-state index contributed by atoms with van der Waals surface area (Å²) in [5.41, 5.74) is 4.00. The van der Waals surface area contributed by atoms with Crippen molar-refractivity contribution >= 4 is 16.6 Å². The van der Waals surface area contributed by atoms with Gasteiger partial charge in [0.1, 0.15) is 5.82 Å². The fourth-order valence-electron chi connectivity index (χ4n) is 4.73. The first kappa shape index (κ1) is 22.5. The summed E-state index contributed by atoms with van der Waals surface area (Å²) in [6.07, 6.45) is 8.27. The Kier molecular flexibility index (Phi) is 6.02. The van der Waals surface area contributed by atoms with E-state index in [4.69, 9.17) is 4.74 Å². The third kappa shape index (κ3) is 4.51. The molecule has 36 heavy (non-hydrogen) atoms. The van der Waals surface area contributed by atoms with Crippen LogP contribution in [0.3, 0.4) is 0 Å². The van der Waals surface area contributed by atoms with E-state index in [-0.39, 0.29) is 5.82 Å². The number of piperidine rings is 1. The van der Waals surface area contributed by atoms with E-state index in [0.717, 1.165) is 50.3 Å². The van der Waals surface area contributed by atoms with Crippen molar-refractivity contribution in [2.45, 2.75) is 38.6 Å². The van der Waals surface area contributed by atoms with Crippen molar-refractivity contribution in [1.29, 1.82) is 0 Å². The van der Waals surface area contributed by atoms with Crippen LogP contribution in [-0.2, 0) is 6.54 Å². The van der Waals surface area contributed by atoms with Gasteiger partial charge >= 0.3 is 0 Å². The zero-order chi connectivity index (χ0) is 24.5. The molecule has 0 saturated carbocycles. The molecule has 1 aliphatic heterocycles. The number of fused-ring (bicyclic) bond motifs is 2. The van der Waals surface area contributed by atoms with E-state index in [1.54, 1.807) is 10.7 Å². The second-order valence-electron chi connectivity index (χ2n) is 9.20. The van der Waals surface area contributed by atoms with Crippen molar-refractivity contribution in [3.63, 3.8) is 0 Å². The van der Waals surface area contributed by atoms with Crippen molar-refractivity contribution < 1.29 is 9.13 Å². The first-order valence-corrected chi connectivity index (χ1v) is 12.3. The molecule has 1 saturated heterocycles. The van der Waals surface area contributed by atoms with Gasteiger partial charge in [-0.2, -0.15) is 20.4 Å². The highest BCUT2D eigenvalue weighted by molar-refractivity contribution is 5.84. The molecule has 184 valence electrons. The number of halogens is 1. The molecule has 0 atom stereocenters. The van der Waals surface area contributed by atoms with Crippen LogP contribution >= 0.6 is 0 Å². The molecule has 1 N–H and O–H groups in total. The predicted molar refractivity (Wildman–Crippen MR) is 133 cm³/mol. The smallest absolute Gasteiger partial charge is 0.196 e. The highest BCUT2D eigenvalue weighted by atomic mass is 19.1. The van der Waals surface area contributed by atoms with E-state index in [1.807, 2.05) is 48.3 Å². The molecule has 1 fully saturated rings. The Bertz CT molecular complexity index is 1510. The number of nitrogens with zero attached hydrogens (tertiary/aromatic N) is 7. The van der Waals surface area contributed by atoms with Crippen LogP contribution in [0, 0.1) is 12.7 Å². The molecule has 5 heterocycles. The third-order valence-corrected chi connectivity index (χ3v) is 6.59. The molecule has 0 bridgehead atoms. The summed E-state index contributed by atoms with van der Waals surface area (Å²) < 4.78 is 25.0. The summed E-state index contributed by atoms with van der Waals surface area (Å²) in [4.78, 5) is 4.56. The fraction of sp³-hybridized carbons (Fsp3) is 0.346. The predicted octanol–water partition coefficient (Wildman–Crippen LogP) is 3.92. The molecule has 0 aliphatic carbocycles. The SMILES string of the molecule is Cc1cn2nc(-c3cc(F)c4cc(C5CCNCC5)nnc4c3)cc(OCCCn3cccn3)c2n1. The molecular weight excluding hydrogens is 459 g/mol. The number of ether oxygens (including phenoxy) is 1. The van der Waals surface area contributed by atoms with Crippen LogP contribution in [0.15, 0.2) is 48.9 Å². The van der Waals surface area contributed by atoms with Crippen LogP contribution in [0.25, 0.3) is 27.8 Å². The molecule has 1 aromatic carbocycles. The van der Waals surface area contributed by atoms with Crippen LogP contribution < -0.4 is 10.1 Å². The minimum atomic E-state index is -0.335. The van der Waals surface area contributed by atoms with Gasteiger partial charge in [0.25, 0.3) is 0 Å². The van der Waals surface area contributed by atoms with Gasteiger partial charge in [-0.25, -0.2) is 13.9 Å². The number of imidazole rings is 1. The molecule has 0 amide bonds. The third-order valence-electron chi connectivity index (χ3n) is 6.59. The van der Waals surface area contributed by atoms with Gasteiger partial charge in [-0.05, 0) is 57.1 Å². The number of nitrogens with one attached hydrogen (secondary N) is 1. The average Bonchev–Trinajstić information content (AvgIpc) is 3.55. The summed E-state index contributed by atoms with van der Waals surface area (Å²) in [5, 5.41) is 21.5. The number of hydrogen-bond acceptors (Lipinski definition) is 7. The van der Waals surface area contributed by atoms with Crippen molar-refractivity contribution in [2.75, 3.05) is 19.7 Å². The molecule has 0 radical (unpaired) electrons. The van der Waals surface area contributed by atoms with Crippen LogP contribution in [0.1, 0.15) is 36.6 Å². The van der Waals surface area contributed by atoms with E-state index in [1.165, 1.54) is 6.07 Å². The Labute approximate surface area is 207 Å². The topological polar surface area (TPSA) is 95.1 Å². The largest absolute Gasteiger partial charge is 0.489 e. The highest BCUT2D eigenvalue weighted by Gasteiger charge is 2.19. The van der Waals surface area contributed by atoms with Gasteiger partial charge in [0, 0.05) is 48.3 Å². The number of aromatic nitrogens is 7. The monoisotopic (exact) mass is 486 g/mol. The fourth-order valence-corrected chi connectivity index (χ4v) is 4.73. The van der Waals surface area contributed by atoms with Gasteiger partial charge < -0.3 is 10.1 Å². The molecule has 5 aromatic rings. The molecule has 6 rings (SSSR count). The number of hydrogen-bond donors (Lipinski definition) is 1. The molecule has 0 spiro atoms. The lowest BCUT2D eigenvalue weighted by atomic mass is 9.93. The van der Waals surface area contributed by atoms with Crippen molar-refractivity contribution in [1.82, 2.24) is 39.9 Å². The minimum Gasteiger partial charge on any atom is -0.489 e. The molecule has 10 heteroatoms. The van der Waals surface area contributed by atoms with E-state index in [0.29, 0.717) is 46.1 Å². The molecular formula is C26H27FN8O. The van der Waals surface area contributed by atoms with Gasteiger partial charge in [0.15, 0.2) is 11.4 Å². The Hall–Kier alpha value is -3.92. The minimum absolute atomic E-state index is 0.309. The zero-order valence-electron chi connectivity index (χ0n) is 20.1. The molecule has 4 aromatic heterocycles. The summed E-state index contributed by atoms with van der Waals surface area (Å²) in [5.74, 6) is 0.572. The molecule has 1 aliphatic rings. The summed E-state index contributed by atoms with van der Waals surface area (Å²) in [6.45, 7) is 5.04. The summed E-state index contributed by atoms with van der Waals surface area (Å²) in [7, 11) is 0. The van der Waals surface area contributed by atoms with E-state index in [2.05, 4.69) is 30.7 Å². The summed E-state index contributed by atoms with van der Waals surface area (Å²) in [6, 6.07) is 8.90. The van der Waals surface area contributed by atoms with Gasteiger partial charge in [-0.15, -0.1) is 0 Å². The van der Waals surface area contributed by atoms with Crippen LogP contribution in [0.2, 0.25) is 0 Å². The lowest BCUT2D eigenvalue weighted by Crippen LogP contribution is -2.27. The maximum atomic E-state index is 15.3. The first-order chi connectivity index (χ1) is 17.6. The lowest BCUT2D eigenvalue weighted by molar-refractivity contribution is 0.300. The van der Waals surface area contributed by atoms with Gasteiger partial charge in [-0.1, -0.05) is 0 Å². The normalized spacial score (nSPS) is 14.6. The van der Waals surface area contributed by atoms with Crippen molar-refractivity contribution in [3.8, 4) is 17.0 Å². The number of benzene rings is 1. The number of aryl methyl sites for hydroxylation is 2. The Balaban J connectivity index is 1.30. The Morgan fingerprint density at radius 3 is 2.86 bits per heavy atom. The van der Waals surface area contributed by atoms with Crippen molar-refractivity contribution in [3.05, 3.63) is 66.1 Å². The van der Waals surface area contributed by atoms with E-state index < -0.39 is 0 Å². The summed E-state index contributed by atoms with van der Waals surface area (Å²) >= 11 is 0. The average molecular weight is 487 g/mol. The highest BCUT2D eigenvalue weighted by Crippen LogP contribution is 2.31. The molecule has 0 unspecified atom stereocenters. The number of rotatable bonds is 7. The van der Waals surface area contributed by atoms with Crippen LogP contribution in [0.4, 0.5) is 4.39 Å². The Morgan fingerprint density at radius 2 is 2.03 bits per heavy atom. The van der Waals surface area contributed by atoms with Crippen LogP contribution in [0.5, 0.6) is 5.75 Å². The van der Waals surface area contributed by atoms with Crippen LogP contribution in [-0.4, -0.2) is 54.3 Å². The lowest BCUT2D eigenvalue weighted by Gasteiger charge is -2.21. The zero-order valence-corrected chi connectivity index (χ0v) is 20.1. The standard InChI is InChI=1S/C26H27FN8O/c1-17-16-35-26(30-17)25(36-11-3-10-34-9-2-6-29-34)15-23(33-35)19-12-21(27)20-14-22(31-32-24(20)13-19)18-4-7-28-8-5-18/h2,6,9,12-16,18,28H,3-5,7-8,10-11H2,1H3. The van der Waals surface area contributed by atoms with E-state index in [9.17, 15) is 0 Å². The molecule has 9 nitrogen and oxygen atoms in total. The first-order valence-electron chi connectivity index (χ1n) is 12.3. The maximum Gasteiger partial charge on any atom is 0.196 e.